The molecule has 5 nitrogen and oxygen atoms in total. The Bertz CT molecular complexity index is 877. The lowest BCUT2D eigenvalue weighted by atomic mass is 10.1. The van der Waals surface area contributed by atoms with Gasteiger partial charge >= 0.3 is 0 Å². The maximum atomic E-state index is 12.4. The lowest BCUT2D eigenvalue weighted by Gasteiger charge is -2.12. The minimum atomic E-state index is -0.238. The van der Waals surface area contributed by atoms with Crippen molar-refractivity contribution in [1.82, 2.24) is 10.4 Å². The Morgan fingerprint density at radius 2 is 2.00 bits per heavy atom. The van der Waals surface area contributed by atoms with Crippen LogP contribution in [0.2, 0.25) is 0 Å². The lowest BCUT2D eigenvalue weighted by molar-refractivity contribution is 0.0962. The van der Waals surface area contributed by atoms with E-state index >= 15 is 0 Å². The highest BCUT2D eigenvalue weighted by molar-refractivity contribution is 5.98. The summed E-state index contributed by atoms with van der Waals surface area (Å²) >= 11 is 0. The van der Waals surface area contributed by atoms with E-state index in [1.165, 1.54) is 0 Å². The van der Waals surface area contributed by atoms with Crippen molar-refractivity contribution in [3.8, 4) is 5.75 Å². The SMILES string of the molecule is CCc1ccccc1NNC(=O)c1cnc2ccc(OC)cc2c1. The van der Waals surface area contributed by atoms with Crippen molar-refractivity contribution in [3.05, 3.63) is 65.9 Å². The summed E-state index contributed by atoms with van der Waals surface area (Å²) in [7, 11) is 1.61. The first-order chi connectivity index (χ1) is 11.7. The van der Waals surface area contributed by atoms with E-state index in [2.05, 4.69) is 22.8 Å². The highest BCUT2D eigenvalue weighted by Gasteiger charge is 2.08. The van der Waals surface area contributed by atoms with Crippen LogP contribution in [0.1, 0.15) is 22.8 Å². The number of anilines is 1. The number of aryl methyl sites for hydroxylation is 1. The van der Waals surface area contributed by atoms with Crippen LogP contribution in [-0.2, 0) is 6.42 Å². The molecule has 2 N–H and O–H groups in total. The van der Waals surface area contributed by atoms with E-state index in [4.69, 9.17) is 4.74 Å². The number of ether oxygens (including phenoxy) is 1. The smallest absolute Gasteiger partial charge is 0.271 e. The van der Waals surface area contributed by atoms with Gasteiger partial charge in [0.2, 0.25) is 0 Å². The number of carbonyl (C=O) groups excluding carboxylic acids is 1. The highest BCUT2D eigenvalue weighted by Crippen LogP contribution is 2.20. The Labute approximate surface area is 140 Å². The monoisotopic (exact) mass is 321 g/mol. The number of fused-ring (bicyclic) bond motifs is 1. The molecular weight excluding hydrogens is 302 g/mol. The summed E-state index contributed by atoms with van der Waals surface area (Å²) in [6.07, 6.45) is 2.45. The molecule has 0 saturated carbocycles. The molecule has 0 fully saturated rings. The summed E-state index contributed by atoms with van der Waals surface area (Å²) in [5.74, 6) is 0.495. The van der Waals surface area contributed by atoms with Gasteiger partial charge in [0.15, 0.2) is 0 Å². The molecule has 3 rings (SSSR count). The number of nitrogens with zero attached hydrogens (tertiary/aromatic N) is 1. The molecular formula is C19H19N3O2. The van der Waals surface area contributed by atoms with Gasteiger partial charge < -0.3 is 4.74 Å². The van der Waals surface area contributed by atoms with E-state index in [-0.39, 0.29) is 5.91 Å². The molecule has 0 aliphatic rings. The number of hydrogen-bond acceptors (Lipinski definition) is 4. The standard InChI is InChI=1S/C19H19N3O2/c1-3-13-6-4-5-7-18(13)21-22-19(23)15-10-14-11-16(24-2)8-9-17(14)20-12-15/h4-12,21H,3H2,1-2H3,(H,22,23). The zero-order valence-corrected chi connectivity index (χ0v) is 13.7. The predicted molar refractivity (Wildman–Crippen MR) is 95.2 cm³/mol. The highest BCUT2D eigenvalue weighted by atomic mass is 16.5. The quantitative estimate of drug-likeness (QED) is 0.705. The van der Waals surface area contributed by atoms with Crippen LogP contribution >= 0.6 is 0 Å². The van der Waals surface area contributed by atoms with E-state index in [0.717, 1.165) is 34.3 Å². The van der Waals surface area contributed by atoms with Gasteiger partial charge in [-0.1, -0.05) is 25.1 Å². The van der Waals surface area contributed by atoms with Gasteiger partial charge in [-0.25, -0.2) is 0 Å². The van der Waals surface area contributed by atoms with Gasteiger partial charge in [0.25, 0.3) is 5.91 Å². The summed E-state index contributed by atoms with van der Waals surface area (Å²) in [6.45, 7) is 2.07. The lowest BCUT2D eigenvalue weighted by Crippen LogP contribution is -2.29. The third-order valence-corrected chi connectivity index (χ3v) is 3.86. The molecule has 1 amide bonds. The van der Waals surface area contributed by atoms with Gasteiger partial charge in [0.1, 0.15) is 5.75 Å². The fraction of sp³-hybridized carbons (Fsp3) is 0.158. The zero-order valence-electron chi connectivity index (χ0n) is 13.7. The normalized spacial score (nSPS) is 10.4. The summed E-state index contributed by atoms with van der Waals surface area (Å²) in [5, 5.41) is 0.857. The molecule has 2 aromatic carbocycles. The van der Waals surface area contributed by atoms with Crippen molar-refractivity contribution in [2.24, 2.45) is 0 Å². The Hall–Kier alpha value is -3.08. The average Bonchev–Trinajstić information content (AvgIpc) is 2.65. The van der Waals surface area contributed by atoms with E-state index in [1.54, 1.807) is 19.4 Å². The van der Waals surface area contributed by atoms with Crippen LogP contribution in [0.15, 0.2) is 54.7 Å². The molecule has 0 radical (unpaired) electrons. The first-order valence-corrected chi connectivity index (χ1v) is 7.79. The second kappa shape index (κ2) is 7.00. The minimum absolute atomic E-state index is 0.238. The number of hydrazine groups is 1. The molecule has 122 valence electrons. The molecule has 24 heavy (non-hydrogen) atoms. The summed E-state index contributed by atoms with van der Waals surface area (Å²) in [6, 6.07) is 15.2. The number of rotatable bonds is 5. The van der Waals surface area contributed by atoms with Gasteiger partial charge in [0.05, 0.1) is 23.9 Å². The molecule has 1 aromatic heterocycles. The van der Waals surface area contributed by atoms with Crippen molar-refractivity contribution in [2.75, 3.05) is 12.5 Å². The average molecular weight is 321 g/mol. The van der Waals surface area contributed by atoms with Crippen LogP contribution in [0.3, 0.4) is 0 Å². The number of nitrogens with one attached hydrogen (secondary N) is 2. The van der Waals surface area contributed by atoms with Crippen LogP contribution in [-0.4, -0.2) is 18.0 Å². The van der Waals surface area contributed by atoms with Gasteiger partial charge in [-0.15, -0.1) is 0 Å². The first-order valence-electron chi connectivity index (χ1n) is 7.79. The summed E-state index contributed by atoms with van der Waals surface area (Å²) in [4.78, 5) is 16.7. The zero-order chi connectivity index (χ0) is 16.9. The number of methoxy groups -OCH3 is 1. The van der Waals surface area contributed by atoms with Gasteiger partial charge in [0, 0.05) is 11.6 Å². The topological polar surface area (TPSA) is 63.2 Å². The van der Waals surface area contributed by atoms with Crippen molar-refractivity contribution < 1.29 is 9.53 Å². The number of benzene rings is 2. The van der Waals surface area contributed by atoms with E-state index < -0.39 is 0 Å². The number of hydrogen-bond donors (Lipinski definition) is 2. The maximum Gasteiger partial charge on any atom is 0.271 e. The Balaban J connectivity index is 1.78. The van der Waals surface area contributed by atoms with Gasteiger partial charge in [-0.3, -0.25) is 20.6 Å². The third kappa shape index (κ3) is 3.30. The van der Waals surface area contributed by atoms with Crippen LogP contribution < -0.4 is 15.6 Å². The number of aromatic nitrogens is 1. The molecule has 0 aliphatic heterocycles. The number of amides is 1. The molecule has 0 saturated heterocycles. The maximum absolute atomic E-state index is 12.4. The molecule has 0 unspecified atom stereocenters. The van der Waals surface area contributed by atoms with Gasteiger partial charge in [-0.05, 0) is 42.3 Å². The third-order valence-electron chi connectivity index (χ3n) is 3.86. The fourth-order valence-electron chi connectivity index (χ4n) is 2.51. The summed E-state index contributed by atoms with van der Waals surface area (Å²) < 4.78 is 5.21. The number of pyridine rings is 1. The largest absolute Gasteiger partial charge is 0.497 e. The second-order valence-corrected chi connectivity index (χ2v) is 5.37. The predicted octanol–water partition coefficient (Wildman–Crippen LogP) is 3.56. The molecule has 0 aliphatic carbocycles. The Morgan fingerprint density at radius 3 is 2.79 bits per heavy atom. The van der Waals surface area contributed by atoms with Crippen molar-refractivity contribution in [3.63, 3.8) is 0 Å². The molecule has 0 spiro atoms. The number of para-hydroxylation sites is 1. The number of carbonyl (C=O) groups is 1. The van der Waals surface area contributed by atoms with E-state index in [0.29, 0.717) is 5.56 Å². The molecule has 5 heteroatoms. The van der Waals surface area contributed by atoms with Gasteiger partial charge in [-0.2, -0.15) is 0 Å². The Kier molecular flexibility index (Phi) is 4.61. The molecule has 0 bridgehead atoms. The Morgan fingerprint density at radius 1 is 1.17 bits per heavy atom. The second-order valence-electron chi connectivity index (χ2n) is 5.37. The van der Waals surface area contributed by atoms with Crippen molar-refractivity contribution in [1.29, 1.82) is 0 Å². The van der Waals surface area contributed by atoms with Crippen LogP contribution in [0, 0.1) is 0 Å². The minimum Gasteiger partial charge on any atom is -0.497 e. The van der Waals surface area contributed by atoms with E-state index in [1.807, 2.05) is 42.5 Å². The molecule has 1 heterocycles. The fourth-order valence-corrected chi connectivity index (χ4v) is 2.51. The van der Waals surface area contributed by atoms with Crippen molar-refractivity contribution >= 4 is 22.5 Å². The molecule has 0 atom stereocenters. The van der Waals surface area contributed by atoms with Crippen LogP contribution in [0.25, 0.3) is 10.9 Å². The summed E-state index contributed by atoms with van der Waals surface area (Å²) in [5.41, 5.74) is 9.03. The van der Waals surface area contributed by atoms with Crippen LogP contribution in [0.5, 0.6) is 5.75 Å². The molecule has 3 aromatic rings. The van der Waals surface area contributed by atoms with Crippen LogP contribution in [0.4, 0.5) is 5.69 Å². The van der Waals surface area contributed by atoms with E-state index in [9.17, 15) is 4.79 Å². The van der Waals surface area contributed by atoms with Crippen molar-refractivity contribution in [2.45, 2.75) is 13.3 Å². The first kappa shape index (κ1) is 15.8.